The number of carbonyl (C=O) groups is 2. The lowest BCUT2D eigenvalue weighted by molar-refractivity contribution is -0.137. The standard InChI is InChI=1S/C23H26F2N2O3/c24-19-6-7-20(21(25)16-19)23(30)26-12-9-18(10-13-26)22(29)27(14-15-28)11-8-17-4-2-1-3-5-17/h1-7,16,18,28H,8-15H2. The first kappa shape index (κ1) is 21.9. The molecule has 7 heteroatoms. The number of benzene rings is 2. The van der Waals surface area contributed by atoms with Gasteiger partial charge in [-0.15, -0.1) is 0 Å². The van der Waals surface area contributed by atoms with Crippen LogP contribution in [0.1, 0.15) is 28.8 Å². The van der Waals surface area contributed by atoms with Gasteiger partial charge in [0.15, 0.2) is 0 Å². The first-order valence-corrected chi connectivity index (χ1v) is 10.2. The minimum atomic E-state index is -0.881. The van der Waals surface area contributed by atoms with Crippen LogP contribution in [-0.4, -0.2) is 59.5 Å². The number of piperidine rings is 1. The molecule has 1 aliphatic rings. The molecule has 1 N–H and O–H groups in total. The Bertz CT molecular complexity index is 868. The van der Waals surface area contributed by atoms with Crippen LogP contribution in [0, 0.1) is 17.6 Å². The summed E-state index contributed by atoms with van der Waals surface area (Å²) in [5, 5.41) is 9.36. The second kappa shape index (κ2) is 10.3. The van der Waals surface area contributed by atoms with Crippen molar-refractivity contribution < 1.29 is 23.5 Å². The van der Waals surface area contributed by atoms with Crippen molar-refractivity contribution in [3.05, 3.63) is 71.3 Å². The van der Waals surface area contributed by atoms with Gasteiger partial charge >= 0.3 is 0 Å². The van der Waals surface area contributed by atoms with Gasteiger partial charge in [0, 0.05) is 38.2 Å². The van der Waals surface area contributed by atoms with Crippen molar-refractivity contribution in [1.82, 2.24) is 9.80 Å². The topological polar surface area (TPSA) is 60.9 Å². The maximum Gasteiger partial charge on any atom is 0.256 e. The molecule has 2 aromatic carbocycles. The van der Waals surface area contributed by atoms with Gasteiger partial charge in [-0.2, -0.15) is 0 Å². The van der Waals surface area contributed by atoms with Crippen molar-refractivity contribution in [3.8, 4) is 0 Å². The van der Waals surface area contributed by atoms with Gasteiger partial charge < -0.3 is 14.9 Å². The molecule has 0 aromatic heterocycles. The first-order valence-electron chi connectivity index (χ1n) is 10.2. The Labute approximate surface area is 174 Å². The molecule has 0 radical (unpaired) electrons. The molecule has 0 spiro atoms. The Morgan fingerprint density at radius 3 is 2.37 bits per heavy atom. The molecule has 1 heterocycles. The van der Waals surface area contributed by atoms with Gasteiger partial charge in [0.05, 0.1) is 12.2 Å². The number of likely N-dealkylation sites (tertiary alicyclic amines) is 1. The lowest BCUT2D eigenvalue weighted by Gasteiger charge is -2.34. The molecule has 0 unspecified atom stereocenters. The molecule has 30 heavy (non-hydrogen) atoms. The average molecular weight is 416 g/mol. The Morgan fingerprint density at radius 2 is 1.73 bits per heavy atom. The van der Waals surface area contributed by atoms with Crippen LogP contribution in [0.25, 0.3) is 0 Å². The first-order chi connectivity index (χ1) is 14.5. The van der Waals surface area contributed by atoms with E-state index in [1.165, 1.54) is 4.90 Å². The lowest BCUT2D eigenvalue weighted by Crippen LogP contribution is -2.45. The molecule has 0 saturated carbocycles. The lowest BCUT2D eigenvalue weighted by atomic mass is 9.94. The monoisotopic (exact) mass is 416 g/mol. The summed E-state index contributed by atoms with van der Waals surface area (Å²) >= 11 is 0. The van der Waals surface area contributed by atoms with Crippen LogP contribution in [0.2, 0.25) is 0 Å². The average Bonchev–Trinajstić information content (AvgIpc) is 2.76. The third-order valence-corrected chi connectivity index (χ3v) is 5.49. The molecule has 0 bridgehead atoms. The fraction of sp³-hybridized carbons (Fsp3) is 0.391. The molecular formula is C23H26F2N2O3. The van der Waals surface area contributed by atoms with Gasteiger partial charge in [0.1, 0.15) is 11.6 Å². The number of carbonyl (C=O) groups excluding carboxylic acids is 2. The molecular weight excluding hydrogens is 390 g/mol. The van der Waals surface area contributed by atoms with E-state index in [2.05, 4.69) is 0 Å². The highest BCUT2D eigenvalue weighted by atomic mass is 19.1. The maximum absolute atomic E-state index is 13.9. The van der Waals surface area contributed by atoms with Crippen molar-refractivity contribution in [3.63, 3.8) is 0 Å². The van der Waals surface area contributed by atoms with E-state index in [0.29, 0.717) is 45.0 Å². The zero-order chi connectivity index (χ0) is 21.5. The molecule has 1 aliphatic heterocycles. The quantitative estimate of drug-likeness (QED) is 0.755. The molecule has 160 valence electrons. The Balaban J connectivity index is 1.56. The van der Waals surface area contributed by atoms with Crippen molar-refractivity contribution in [2.24, 2.45) is 5.92 Å². The van der Waals surface area contributed by atoms with Crippen molar-refractivity contribution in [2.75, 3.05) is 32.8 Å². The van der Waals surface area contributed by atoms with Crippen molar-refractivity contribution >= 4 is 11.8 Å². The predicted molar refractivity (Wildman–Crippen MR) is 109 cm³/mol. The van der Waals surface area contributed by atoms with E-state index in [9.17, 15) is 23.5 Å². The molecule has 3 rings (SSSR count). The van der Waals surface area contributed by atoms with E-state index in [0.717, 1.165) is 17.7 Å². The van der Waals surface area contributed by atoms with Crippen molar-refractivity contribution in [1.29, 1.82) is 0 Å². The number of rotatable bonds is 7. The smallest absolute Gasteiger partial charge is 0.256 e. The molecule has 0 aliphatic carbocycles. The summed E-state index contributed by atoms with van der Waals surface area (Å²) in [7, 11) is 0. The maximum atomic E-state index is 13.9. The van der Waals surface area contributed by atoms with E-state index in [-0.39, 0.29) is 30.5 Å². The van der Waals surface area contributed by atoms with Gasteiger partial charge in [0.25, 0.3) is 5.91 Å². The van der Waals surface area contributed by atoms with Crippen LogP contribution in [0.5, 0.6) is 0 Å². The highest BCUT2D eigenvalue weighted by Gasteiger charge is 2.31. The Morgan fingerprint density at radius 1 is 1.03 bits per heavy atom. The number of nitrogens with zero attached hydrogens (tertiary/aromatic N) is 2. The minimum absolute atomic E-state index is 0.0277. The van der Waals surface area contributed by atoms with E-state index in [1.54, 1.807) is 4.90 Å². The van der Waals surface area contributed by atoms with E-state index >= 15 is 0 Å². The van der Waals surface area contributed by atoms with Crippen LogP contribution in [0.15, 0.2) is 48.5 Å². The molecule has 1 fully saturated rings. The van der Waals surface area contributed by atoms with Crippen molar-refractivity contribution in [2.45, 2.75) is 19.3 Å². The van der Waals surface area contributed by atoms with Crippen LogP contribution in [0.3, 0.4) is 0 Å². The summed E-state index contributed by atoms with van der Waals surface area (Å²) in [4.78, 5) is 28.7. The summed E-state index contributed by atoms with van der Waals surface area (Å²) in [6.07, 6.45) is 1.65. The van der Waals surface area contributed by atoms with E-state index in [4.69, 9.17) is 0 Å². The summed E-state index contributed by atoms with van der Waals surface area (Å²) < 4.78 is 27.0. The minimum Gasteiger partial charge on any atom is -0.395 e. The van der Waals surface area contributed by atoms with Crippen LogP contribution in [-0.2, 0) is 11.2 Å². The molecule has 1 saturated heterocycles. The fourth-order valence-electron chi connectivity index (χ4n) is 3.78. The second-order valence-corrected chi connectivity index (χ2v) is 7.48. The number of aliphatic hydroxyl groups excluding tert-OH is 1. The number of hydrogen-bond acceptors (Lipinski definition) is 3. The third kappa shape index (κ3) is 5.42. The summed E-state index contributed by atoms with van der Waals surface area (Å²) in [6.45, 7) is 1.34. The van der Waals surface area contributed by atoms with Crippen LogP contribution < -0.4 is 0 Å². The van der Waals surface area contributed by atoms with Gasteiger partial charge in [0.2, 0.25) is 5.91 Å². The summed E-state index contributed by atoms with van der Waals surface area (Å²) in [5.41, 5.74) is 0.959. The Hall–Kier alpha value is -2.80. The summed E-state index contributed by atoms with van der Waals surface area (Å²) in [5.74, 6) is -2.37. The van der Waals surface area contributed by atoms with Gasteiger partial charge in [-0.05, 0) is 37.0 Å². The van der Waals surface area contributed by atoms with Gasteiger partial charge in [-0.25, -0.2) is 8.78 Å². The fourth-order valence-corrected chi connectivity index (χ4v) is 3.78. The molecule has 5 nitrogen and oxygen atoms in total. The molecule has 0 atom stereocenters. The normalized spacial score (nSPS) is 14.6. The zero-order valence-corrected chi connectivity index (χ0v) is 16.8. The highest BCUT2D eigenvalue weighted by Crippen LogP contribution is 2.22. The predicted octanol–water partition coefficient (Wildman–Crippen LogP) is 2.88. The molecule has 2 aromatic rings. The molecule has 2 amide bonds. The SMILES string of the molecule is O=C(c1ccc(F)cc1F)N1CCC(C(=O)N(CCO)CCc2ccccc2)CC1. The third-order valence-electron chi connectivity index (χ3n) is 5.49. The van der Waals surface area contributed by atoms with E-state index < -0.39 is 17.5 Å². The van der Waals surface area contributed by atoms with Gasteiger partial charge in [-0.1, -0.05) is 30.3 Å². The zero-order valence-electron chi connectivity index (χ0n) is 16.8. The second-order valence-electron chi connectivity index (χ2n) is 7.48. The van der Waals surface area contributed by atoms with Crippen LogP contribution >= 0.6 is 0 Å². The summed E-state index contributed by atoms with van der Waals surface area (Å²) in [6, 6.07) is 12.7. The van der Waals surface area contributed by atoms with E-state index in [1.807, 2.05) is 30.3 Å². The Kier molecular flexibility index (Phi) is 7.52. The highest BCUT2D eigenvalue weighted by molar-refractivity contribution is 5.94. The number of aliphatic hydroxyl groups is 1. The number of amides is 2. The van der Waals surface area contributed by atoms with Crippen LogP contribution in [0.4, 0.5) is 8.78 Å². The number of halogens is 2. The largest absolute Gasteiger partial charge is 0.395 e. The van der Waals surface area contributed by atoms with Gasteiger partial charge in [-0.3, -0.25) is 9.59 Å². The number of hydrogen-bond donors (Lipinski definition) is 1.